The Labute approximate surface area is 131 Å². The SMILES string of the molecule is CCOC(=O)CC(c1ccccc1)C(C#N)c1ccccc1. The van der Waals surface area contributed by atoms with Crippen molar-refractivity contribution in [3.8, 4) is 6.07 Å². The molecule has 0 N–H and O–H groups in total. The van der Waals surface area contributed by atoms with Crippen LogP contribution in [0.3, 0.4) is 0 Å². The van der Waals surface area contributed by atoms with Gasteiger partial charge in [0, 0.05) is 5.92 Å². The number of esters is 1. The van der Waals surface area contributed by atoms with Gasteiger partial charge in [0.15, 0.2) is 0 Å². The summed E-state index contributed by atoms with van der Waals surface area (Å²) < 4.78 is 5.08. The second-order valence-electron chi connectivity index (χ2n) is 5.04. The topological polar surface area (TPSA) is 50.1 Å². The van der Waals surface area contributed by atoms with Crippen molar-refractivity contribution in [2.24, 2.45) is 0 Å². The number of hydrogen-bond donors (Lipinski definition) is 0. The smallest absolute Gasteiger partial charge is 0.306 e. The van der Waals surface area contributed by atoms with Crippen LogP contribution < -0.4 is 0 Å². The third-order valence-electron chi connectivity index (χ3n) is 3.62. The first-order valence-electron chi connectivity index (χ1n) is 7.41. The highest BCUT2D eigenvalue weighted by atomic mass is 16.5. The van der Waals surface area contributed by atoms with Gasteiger partial charge in [-0.1, -0.05) is 60.7 Å². The lowest BCUT2D eigenvalue weighted by atomic mass is 9.80. The number of nitrogens with zero attached hydrogens (tertiary/aromatic N) is 1. The first kappa shape index (κ1) is 15.8. The van der Waals surface area contributed by atoms with E-state index in [9.17, 15) is 10.1 Å². The zero-order valence-electron chi connectivity index (χ0n) is 12.6. The molecule has 0 aliphatic rings. The maximum atomic E-state index is 11.9. The van der Waals surface area contributed by atoms with Gasteiger partial charge in [-0.3, -0.25) is 4.79 Å². The van der Waals surface area contributed by atoms with Crippen molar-refractivity contribution in [2.45, 2.75) is 25.2 Å². The molecule has 0 fully saturated rings. The number of nitriles is 1. The summed E-state index contributed by atoms with van der Waals surface area (Å²) in [5.41, 5.74) is 1.90. The van der Waals surface area contributed by atoms with Crippen LogP contribution in [-0.4, -0.2) is 12.6 Å². The van der Waals surface area contributed by atoms with Gasteiger partial charge in [-0.15, -0.1) is 0 Å². The molecule has 112 valence electrons. The molecule has 0 aromatic heterocycles. The summed E-state index contributed by atoms with van der Waals surface area (Å²) >= 11 is 0. The molecule has 0 aliphatic heterocycles. The van der Waals surface area contributed by atoms with Crippen molar-refractivity contribution in [3.05, 3.63) is 71.8 Å². The fourth-order valence-corrected chi connectivity index (χ4v) is 2.59. The molecular formula is C19H19NO2. The largest absolute Gasteiger partial charge is 0.466 e. The Morgan fingerprint density at radius 2 is 1.59 bits per heavy atom. The van der Waals surface area contributed by atoms with E-state index in [2.05, 4.69) is 6.07 Å². The molecule has 0 saturated carbocycles. The van der Waals surface area contributed by atoms with E-state index >= 15 is 0 Å². The normalized spacial score (nSPS) is 12.9. The highest BCUT2D eigenvalue weighted by Gasteiger charge is 2.27. The van der Waals surface area contributed by atoms with Crippen LogP contribution in [0.2, 0.25) is 0 Å². The first-order chi connectivity index (χ1) is 10.8. The average molecular weight is 293 g/mol. The number of carbonyl (C=O) groups excluding carboxylic acids is 1. The van der Waals surface area contributed by atoms with Crippen LogP contribution in [0.1, 0.15) is 36.3 Å². The van der Waals surface area contributed by atoms with E-state index in [0.717, 1.165) is 11.1 Å². The molecule has 2 atom stereocenters. The maximum absolute atomic E-state index is 11.9. The molecule has 0 saturated heterocycles. The zero-order valence-corrected chi connectivity index (χ0v) is 12.6. The van der Waals surface area contributed by atoms with Crippen LogP contribution in [0.25, 0.3) is 0 Å². The predicted molar refractivity (Wildman–Crippen MR) is 85.2 cm³/mol. The monoisotopic (exact) mass is 293 g/mol. The van der Waals surface area contributed by atoms with E-state index in [1.54, 1.807) is 6.92 Å². The Hall–Kier alpha value is -2.60. The lowest BCUT2D eigenvalue weighted by Gasteiger charge is -2.22. The van der Waals surface area contributed by atoms with E-state index in [1.807, 2.05) is 60.7 Å². The van der Waals surface area contributed by atoms with Gasteiger partial charge < -0.3 is 4.74 Å². The van der Waals surface area contributed by atoms with Gasteiger partial charge in [0.05, 0.1) is 25.0 Å². The van der Waals surface area contributed by atoms with Crippen LogP contribution in [0.5, 0.6) is 0 Å². The summed E-state index contributed by atoms with van der Waals surface area (Å²) in [6, 6.07) is 21.6. The summed E-state index contributed by atoms with van der Waals surface area (Å²) in [6.45, 7) is 2.14. The second-order valence-corrected chi connectivity index (χ2v) is 5.04. The molecule has 22 heavy (non-hydrogen) atoms. The molecule has 0 bridgehead atoms. The Kier molecular flexibility index (Phi) is 5.73. The number of hydrogen-bond acceptors (Lipinski definition) is 3. The third kappa shape index (κ3) is 3.95. The van der Waals surface area contributed by atoms with Crippen LogP contribution in [0.4, 0.5) is 0 Å². The zero-order chi connectivity index (χ0) is 15.8. The molecular weight excluding hydrogens is 274 g/mol. The molecule has 2 aromatic carbocycles. The van der Waals surface area contributed by atoms with Gasteiger partial charge in [-0.2, -0.15) is 5.26 Å². The van der Waals surface area contributed by atoms with Gasteiger partial charge in [-0.05, 0) is 18.1 Å². The fraction of sp³-hybridized carbons (Fsp3) is 0.263. The molecule has 0 spiro atoms. The fourth-order valence-electron chi connectivity index (χ4n) is 2.59. The maximum Gasteiger partial charge on any atom is 0.306 e. The van der Waals surface area contributed by atoms with Crippen LogP contribution in [0.15, 0.2) is 60.7 Å². The lowest BCUT2D eigenvalue weighted by Crippen LogP contribution is -2.16. The molecule has 3 heteroatoms. The molecule has 0 radical (unpaired) electrons. The molecule has 2 rings (SSSR count). The summed E-state index contributed by atoms with van der Waals surface area (Å²) in [4.78, 5) is 11.9. The molecule has 2 aromatic rings. The second kappa shape index (κ2) is 7.99. The first-order valence-corrected chi connectivity index (χ1v) is 7.41. The van der Waals surface area contributed by atoms with Crippen molar-refractivity contribution in [2.75, 3.05) is 6.61 Å². The molecule has 2 unspecified atom stereocenters. The highest BCUT2D eigenvalue weighted by Crippen LogP contribution is 2.35. The molecule has 0 amide bonds. The van der Waals surface area contributed by atoms with Crippen LogP contribution >= 0.6 is 0 Å². The third-order valence-corrected chi connectivity index (χ3v) is 3.62. The standard InChI is InChI=1S/C19H19NO2/c1-2-22-19(21)13-17(15-9-5-3-6-10-15)18(14-20)16-11-7-4-8-12-16/h3-12,17-18H,2,13H2,1H3. The molecule has 3 nitrogen and oxygen atoms in total. The van der Waals surface area contributed by atoms with E-state index in [0.29, 0.717) is 6.61 Å². The minimum atomic E-state index is -0.381. The van der Waals surface area contributed by atoms with E-state index in [1.165, 1.54) is 0 Å². The summed E-state index contributed by atoms with van der Waals surface area (Å²) in [5, 5.41) is 9.65. The van der Waals surface area contributed by atoms with Gasteiger partial charge in [0.25, 0.3) is 0 Å². The Morgan fingerprint density at radius 1 is 1.05 bits per heavy atom. The number of rotatable bonds is 6. The number of carbonyl (C=O) groups is 1. The molecule has 0 heterocycles. The van der Waals surface area contributed by atoms with Gasteiger partial charge in [0.1, 0.15) is 0 Å². The predicted octanol–water partition coefficient (Wildman–Crippen LogP) is 4.03. The van der Waals surface area contributed by atoms with Gasteiger partial charge in [0.2, 0.25) is 0 Å². The minimum Gasteiger partial charge on any atom is -0.466 e. The van der Waals surface area contributed by atoms with Crippen molar-refractivity contribution < 1.29 is 9.53 Å². The molecule has 0 aliphatic carbocycles. The van der Waals surface area contributed by atoms with E-state index in [-0.39, 0.29) is 24.2 Å². The van der Waals surface area contributed by atoms with Crippen molar-refractivity contribution in [3.63, 3.8) is 0 Å². The van der Waals surface area contributed by atoms with E-state index < -0.39 is 0 Å². The van der Waals surface area contributed by atoms with Crippen LogP contribution in [-0.2, 0) is 9.53 Å². The van der Waals surface area contributed by atoms with Crippen molar-refractivity contribution in [1.29, 1.82) is 5.26 Å². The summed E-state index contributed by atoms with van der Waals surface area (Å²) in [7, 11) is 0. The van der Waals surface area contributed by atoms with Gasteiger partial charge in [-0.25, -0.2) is 0 Å². The number of benzene rings is 2. The highest BCUT2D eigenvalue weighted by molar-refractivity contribution is 5.71. The summed E-state index contributed by atoms with van der Waals surface area (Å²) in [5.74, 6) is -0.867. The van der Waals surface area contributed by atoms with Crippen molar-refractivity contribution >= 4 is 5.97 Å². The van der Waals surface area contributed by atoms with Crippen LogP contribution in [0, 0.1) is 11.3 Å². The van der Waals surface area contributed by atoms with E-state index in [4.69, 9.17) is 4.74 Å². The minimum absolute atomic E-state index is 0.199. The average Bonchev–Trinajstić information content (AvgIpc) is 2.57. The van der Waals surface area contributed by atoms with Crippen molar-refractivity contribution in [1.82, 2.24) is 0 Å². The Balaban J connectivity index is 2.34. The quantitative estimate of drug-likeness (QED) is 0.755. The number of ether oxygens (including phenoxy) is 1. The Bertz CT molecular complexity index is 631. The lowest BCUT2D eigenvalue weighted by molar-refractivity contribution is -0.143. The summed E-state index contributed by atoms with van der Waals surface area (Å²) in [6.07, 6.45) is 0.199. The van der Waals surface area contributed by atoms with Gasteiger partial charge >= 0.3 is 5.97 Å². The Morgan fingerprint density at radius 3 is 2.09 bits per heavy atom.